The highest BCUT2D eigenvalue weighted by Gasteiger charge is 2.24. The smallest absolute Gasteiger partial charge is 0.223 e. The molecule has 2 aliphatic rings. The van der Waals surface area contributed by atoms with Crippen LogP contribution in [0.1, 0.15) is 39.0 Å². The van der Waals surface area contributed by atoms with Gasteiger partial charge in [-0.2, -0.15) is 0 Å². The maximum absolute atomic E-state index is 12.7. The number of pyridine rings is 1. The molecular formula is C21H29N5O2S. The number of anilines is 1. The van der Waals surface area contributed by atoms with E-state index in [0.717, 1.165) is 67.5 Å². The lowest BCUT2D eigenvalue weighted by Gasteiger charge is -2.30. The van der Waals surface area contributed by atoms with Crippen molar-refractivity contribution in [2.75, 3.05) is 44.2 Å². The maximum Gasteiger partial charge on any atom is 0.223 e. The molecule has 0 aliphatic carbocycles. The molecule has 0 unspecified atom stereocenters. The molecule has 8 heteroatoms. The Labute approximate surface area is 175 Å². The Hall–Kier alpha value is -2.22. The van der Waals surface area contributed by atoms with E-state index in [1.54, 1.807) is 17.5 Å². The Morgan fingerprint density at radius 3 is 2.48 bits per heavy atom. The summed E-state index contributed by atoms with van der Waals surface area (Å²) in [5.41, 5.74) is 0.926. The van der Waals surface area contributed by atoms with Gasteiger partial charge in [0.05, 0.1) is 0 Å². The fraction of sp³-hybridized carbons (Fsp3) is 0.619. The van der Waals surface area contributed by atoms with E-state index in [2.05, 4.69) is 16.8 Å². The lowest BCUT2D eigenvalue weighted by molar-refractivity contribution is -0.137. The molecule has 4 rings (SSSR count). The molecule has 2 aliphatic heterocycles. The summed E-state index contributed by atoms with van der Waals surface area (Å²) in [6.45, 7) is 6.98. The van der Waals surface area contributed by atoms with Gasteiger partial charge in [0.15, 0.2) is 5.13 Å². The number of nitrogens with zero attached hydrogens (tertiary/aromatic N) is 5. The summed E-state index contributed by atoms with van der Waals surface area (Å²) in [4.78, 5) is 41.2. The van der Waals surface area contributed by atoms with Crippen molar-refractivity contribution in [2.45, 2.75) is 39.0 Å². The average molecular weight is 416 g/mol. The normalized spacial score (nSPS) is 18.9. The molecule has 0 saturated carbocycles. The Bertz CT molecular complexity index is 829. The lowest BCUT2D eigenvalue weighted by Crippen LogP contribution is -2.39. The van der Waals surface area contributed by atoms with Crippen molar-refractivity contribution < 1.29 is 9.59 Å². The number of aromatic nitrogens is 2. The molecule has 2 aromatic rings. The van der Waals surface area contributed by atoms with Gasteiger partial charge in [-0.05, 0) is 37.3 Å². The van der Waals surface area contributed by atoms with Crippen LogP contribution in [-0.2, 0) is 9.59 Å². The van der Waals surface area contributed by atoms with Crippen LogP contribution < -0.4 is 4.90 Å². The van der Waals surface area contributed by atoms with Crippen LogP contribution in [0.3, 0.4) is 0 Å². The molecule has 0 atom stereocenters. The number of hydrogen-bond donors (Lipinski definition) is 0. The first-order valence-electron chi connectivity index (χ1n) is 10.6. The summed E-state index contributed by atoms with van der Waals surface area (Å²) in [6.07, 6.45) is 5.49. The Balaban J connectivity index is 1.27. The van der Waals surface area contributed by atoms with E-state index in [9.17, 15) is 9.59 Å². The van der Waals surface area contributed by atoms with Crippen LogP contribution in [0.5, 0.6) is 0 Å². The predicted octanol–water partition coefficient (Wildman–Crippen LogP) is 2.77. The van der Waals surface area contributed by atoms with Crippen molar-refractivity contribution in [1.29, 1.82) is 0 Å². The number of likely N-dealkylation sites (tertiary alicyclic amines) is 1. The summed E-state index contributed by atoms with van der Waals surface area (Å²) >= 11 is 1.60. The molecule has 29 heavy (non-hydrogen) atoms. The van der Waals surface area contributed by atoms with E-state index in [1.165, 1.54) is 0 Å². The Morgan fingerprint density at radius 2 is 1.76 bits per heavy atom. The number of amides is 2. The molecule has 2 fully saturated rings. The summed E-state index contributed by atoms with van der Waals surface area (Å²) in [5.74, 6) is 0.923. The van der Waals surface area contributed by atoms with Crippen molar-refractivity contribution in [3.63, 3.8) is 0 Å². The van der Waals surface area contributed by atoms with Crippen LogP contribution >= 0.6 is 11.3 Å². The summed E-state index contributed by atoms with van der Waals surface area (Å²) in [7, 11) is 0. The minimum absolute atomic E-state index is 0.0940. The van der Waals surface area contributed by atoms with Gasteiger partial charge in [0.25, 0.3) is 0 Å². The number of carbonyl (C=O) groups is 2. The summed E-state index contributed by atoms with van der Waals surface area (Å²) in [5, 5.41) is 0.975. The van der Waals surface area contributed by atoms with Crippen LogP contribution in [0.2, 0.25) is 0 Å². The SMILES string of the molecule is CC1CCN(C(=O)CCC(=O)N2CCCN(c3nc4cccnc4s3)CC2)CC1. The van der Waals surface area contributed by atoms with Crippen molar-refractivity contribution >= 4 is 38.6 Å². The Kier molecular flexibility index (Phi) is 6.28. The van der Waals surface area contributed by atoms with E-state index in [0.29, 0.717) is 25.3 Å². The first kappa shape index (κ1) is 20.1. The van der Waals surface area contributed by atoms with E-state index >= 15 is 0 Å². The van der Waals surface area contributed by atoms with Crippen molar-refractivity contribution in [1.82, 2.24) is 19.8 Å². The van der Waals surface area contributed by atoms with Crippen molar-refractivity contribution in [3.05, 3.63) is 18.3 Å². The zero-order valence-corrected chi connectivity index (χ0v) is 17.9. The average Bonchev–Trinajstić information content (AvgIpc) is 3.01. The van der Waals surface area contributed by atoms with Crippen LogP contribution in [0.15, 0.2) is 18.3 Å². The van der Waals surface area contributed by atoms with E-state index in [4.69, 9.17) is 4.98 Å². The standard InChI is InChI=1S/C21H29N5O2S/c1-16-7-12-25(13-8-16)19(28)6-5-18(27)24-10-3-11-26(15-14-24)21-23-17-4-2-9-22-20(17)29-21/h2,4,9,16H,3,5-8,10-15H2,1H3. The number of rotatable bonds is 4. The van der Waals surface area contributed by atoms with Gasteiger partial charge in [-0.3, -0.25) is 9.59 Å². The highest BCUT2D eigenvalue weighted by Crippen LogP contribution is 2.27. The van der Waals surface area contributed by atoms with Gasteiger partial charge in [0.2, 0.25) is 11.8 Å². The van der Waals surface area contributed by atoms with Gasteiger partial charge in [0.1, 0.15) is 10.3 Å². The molecule has 0 radical (unpaired) electrons. The molecule has 0 aromatic carbocycles. The second-order valence-electron chi connectivity index (χ2n) is 8.11. The van der Waals surface area contributed by atoms with Gasteiger partial charge in [0, 0.05) is 58.3 Å². The largest absolute Gasteiger partial charge is 0.346 e. The van der Waals surface area contributed by atoms with Crippen LogP contribution in [-0.4, -0.2) is 70.9 Å². The van der Waals surface area contributed by atoms with E-state index in [-0.39, 0.29) is 11.8 Å². The van der Waals surface area contributed by atoms with Crippen LogP contribution in [0, 0.1) is 5.92 Å². The Morgan fingerprint density at radius 1 is 1.03 bits per heavy atom. The maximum atomic E-state index is 12.7. The molecule has 4 heterocycles. The topological polar surface area (TPSA) is 69.6 Å². The lowest BCUT2D eigenvalue weighted by atomic mass is 9.99. The molecule has 7 nitrogen and oxygen atoms in total. The van der Waals surface area contributed by atoms with Crippen molar-refractivity contribution in [3.8, 4) is 0 Å². The van der Waals surface area contributed by atoms with Gasteiger partial charge in [-0.15, -0.1) is 0 Å². The molecule has 0 bridgehead atoms. The zero-order chi connectivity index (χ0) is 20.2. The third kappa shape index (κ3) is 4.86. The number of fused-ring (bicyclic) bond motifs is 1. The van der Waals surface area contributed by atoms with E-state index < -0.39 is 0 Å². The molecular weight excluding hydrogens is 386 g/mol. The fourth-order valence-corrected chi connectivity index (χ4v) is 5.00. The monoisotopic (exact) mass is 415 g/mol. The highest BCUT2D eigenvalue weighted by molar-refractivity contribution is 7.21. The van der Waals surface area contributed by atoms with Crippen molar-refractivity contribution in [2.24, 2.45) is 5.92 Å². The minimum Gasteiger partial charge on any atom is -0.346 e. The van der Waals surface area contributed by atoms with Gasteiger partial charge in [-0.25, -0.2) is 9.97 Å². The third-order valence-electron chi connectivity index (χ3n) is 5.96. The number of hydrogen-bond acceptors (Lipinski definition) is 6. The van der Waals surface area contributed by atoms with Gasteiger partial charge in [-0.1, -0.05) is 18.3 Å². The third-order valence-corrected chi connectivity index (χ3v) is 7.00. The van der Waals surface area contributed by atoms with Crippen LogP contribution in [0.4, 0.5) is 5.13 Å². The molecule has 0 N–H and O–H groups in total. The number of carbonyl (C=O) groups excluding carboxylic acids is 2. The summed E-state index contributed by atoms with van der Waals surface area (Å²) < 4.78 is 0. The fourth-order valence-electron chi connectivity index (χ4n) is 4.04. The first-order chi connectivity index (χ1) is 14.1. The zero-order valence-electron chi connectivity index (χ0n) is 17.0. The van der Waals surface area contributed by atoms with E-state index in [1.807, 2.05) is 21.9 Å². The molecule has 2 saturated heterocycles. The van der Waals surface area contributed by atoms with Gasteiger partial charge >= 0.3 is 0 Å². The molecule has 2 aromatic heterocycles. The van der Waals surface area contributed by atoms with Crippen LogP contribution in [0.25, 0.3) is 10.3 Å². The quantitative estimate of drug-likeness (QED) is 0.768. The second-order valence-corrected chi connectivity index (χ2v) is 9.06. The molecule has 156 valence electrons. The minimum atomic E-state index is 0.0940. The molecule has 2 amide bonds. The predicted molar refractivity (Wildman–Crippen MR) is 115 cm³/mol. The first-order valence-corrected chi connectivity index (χ1v) is 11.4. The van der Waals surface area contributed by atoms with Gasteiger partial charge < -0.3 is 14.7 Å². The summed E-state index contributed by atoms with van der Waals surface area (Å²) in [6, 6.07) is 3.89. The number of piperidine rings is 1. The molecule has 0 spiro atoms. The number of thiazole rings is 1. The second kappa shape index (κ2) is 9.07. The highest BCUT2D eigenvalue weighted by atomic mass is 32.1.